The highest BCUT2D eigenvalue weighted by Crippen LogP contribution is 2.21. The molecule has 3 heterocycles. The number of hydrogen-bond donors (Lipinski definition) is 2. The number of anilines is 2. The number of aliphatic hydroxyl groups is 1. The molecule has 0 saturated carbocycles. The van der Waals surface area contributed by atoms with Gasteiger partial charge in [0.2, 0.25) is 0 Å². The van der Waals surface area contributed by atoms with Gasteiger partial charge < -0.3 is 10.4 Å². The molecule has 9 heteroatoms. The Morgan fingerprint density at radius 2 is 2.00 bits per heavy atom. The Bertz CT molecular complexity index is 1090. The van der Waals surface area contributed by atoms with Crippen LogP contribution in [0.5, 0.6) is 0 Å². The quantitative estimate of drug-likeness (QED) is 0.545. The maximum Gasteiger partial charge on any atom is 0.163 e. The van der Waals surface area contributed by atoms with Crippen LogP contribution in [-0.2, 0) is 13.1 Å². The van der Waals surface area contributed by atoms with Gasteiger partial charge >= 0.3 is 0 Å². The van der Waals surface area contributed by atoms with E-state index in [4.69, 9.17) is 5.11 Å². The Kier molecular flexibility index (Phi) is 4.51. The van der Waals surface area contributed by atoms with Crippen LogP contribution in [0.4, 0.5) is 20.4 Å². The molecule has 3 aromatic heterocycles. The molecule has 0 aliphatic carbocycles. The van der Waals surface area contributed by atoms with E-state index < -0.39 is 11.6 Å². The highest BCUT2D eigenvalue weighted by atomic mass is 19.2. The van der Waals surface area contributed by atoms with Crippen LogP contribution in [0, 0.1) is 11.6 Å². The number of aromatic nitrogens is 5. The first-order chi connectivity index (χ1) is 13.1. The molecule has 138 valence electrons. The number of fused-ring (bicyclic) bond motifs is 1. The summed E-state index contributed by atoms with van der Waals surface area (Å²) in [5.74, 6) is -0.634. The SMILES string of the molecule is OCCn1ccc(Nc2cc3c(cn2)cnn3Cc2cccc(F)c2F)n1. The molecule has 0 spiro atoms. The molecule has 0 unspecified atom stereocenters. The number of aliphatic hydroxyl groups excluding tert-OH is 1. The van der Waals surface area contributed by atoms with Crippen molar-refractivity contribution in [2.75, 3.05) is 11.9 Å². The summed E-state index contributed by atoms with van der Waals surface area (Å²) in [6.45, 7) is 0.503. The monoisotopic (exact) mass is 370 g/mol. The van der Waals surface area contributed by atoms with Crippen molar-refractivity contribution in [3.63, 3.8) is 0 Å². The molecule has 0 atom stereocenters. The molecule has 0 fully saturated rings. The predicted molar refractivity (Wildman–Crippen MR) is 95.6 cm³/mol. The average Bonchev–Trinajstić information content (AvgIpc) is 3.26. The second-order valence-electron chi connectivity index (χ2n) is 5.96. The van der Waals surface area contributed by atoms with Crippen molar-refractivity contribution >= 4 is 22.5 Å². The van der Waals surface area contributed by atoms with Crippen LogP contribution in [0.1, 0.15) is 5.56 Å². The largest absolute Gasteiger partial charge is 0.394 e. The van der Waals surface area contributed by atoms with Gasteiger partial charge in [-0.15, -0.1) is 0 Å². The number of rotatable bonds is 6. The van der Waals surface area contributed by atoms with Gasteiger partial charge in [0, 0.05) is 35.5 Å². The summed E-state index contributed by atoms with van der Waals surface area (Å²) in [6, 6.07) is 7.62. The minimum absolute atomic E-state index is 0.00114. The van der Waals surface area contributed by atoms with E-state index in [9.17, 15) is 8.78 Å². The Morgan fingerprint density at radius 1 is 1.11 bits per heavy atom. The summed E-state index contributed by atoms with van der Waals surface area (Å²) in [4.78, 5) is 4.31. The number of pyridine rings is 1. The number of nitrogens with one attached hydrogen (secondary N) is 1. The van der Waals surface area contributed by atoms with Gasteiger partial charge in [0.05, 0.1) is 31.4 Å². The lowest BCUT2D eigenvalue weighted by molar-refractivity contribution is 0.269. The standard InChI is InChI=1S/C18H16F2N6O/c19-14-3-1-2-12(18(14)20)11-26-15-8-17(21-9-13(15)10-22-26)23-16-4-5-25(24-16)6-7-27/h1-5,8-10,27H,6-7,11H2,(H,21,23,24). The molecule has 0 aliphatic heterocycles. The summed E-state index contributed by atoms with van der Waals surface area (Å²) in [7, 11) is 0. The number of nitrogens with zero attached hydrogens (tertiary/aromatic N) is 5. The lowest BCUT2D eigenvalue weighted by atomic mass is 10.2. The molecule has 27 heavy (non-hydrogen) atoms. The van der Waals surface area contributed by atoms with Crippen LogP contribution < -0.4 is 5.32 Å². The zero-order valence-electron chi connectivity index (χ0n) is 14.2. The topological polar surface area (TPSA) is 80.8 Å². The lowest BCUT2D eigenvalue weighted by Gasteiger charge is -2.07. The Morgan fingerprint density at radius 3 is 2.85 bits per heavy atom. The maximum absolute atomic E-state index is 14.0. The first-order valence-electron chi connectivity index (χ1n) is 8.30. The molecule has 1 aromatic carbocycles. The molecule has 0 saturated heterocycles. The molecular weight excluding hydrogens is 354 g/mol. The third kappa shape index (κ3) is 3.49. The molecule has 0 bridgehead atoms. The minimum atomic E-state index is -0.883. The van der Waals surface area contributed by atoms with E-state index in [1.54, 1.807) is 40.1 Å². The van der Waals surface area contributed by atoms with Gasteiger partial charge in [0.1, 0.15) is 5.82 Å². The first kappa shape index (κ1) is 17.1. The van der Waals surface area contributed by atoms with Gasteiger partial charge in [-0.3, -0.25) is 9.36 Å². The van der Waals surface area contributed by atoms with Crippen molar-refractivity contribution in [3.05, 3.63) is 66.1 Å². The predicted octanol–water partition coefficient (Wildman–Crippen LogP) is 2.69. The van der Waals surface area contributed by atoms with E-state index in [0.717, 1.165) is 17.0 Å². The molecule has 0 amide bonds. The highest BCUT2D eigenvalue weighted by molar-refractivity contribution is 5.80. The van der Waals surface area contributed by atoms with Crippen LogP contribution in [0.25, 0.3) is 10.9 Å². The fourth-order valence-electron chi connectivity index (χ4n) is 2.79. The van der Waals surface area contributed by atoms with Crippen LogP contribution in [0.2, 0.25) is 0 Å². The van der Waals surface area contributed by atoms with E-state index >= 15 is 0 Å². The zero-order chi connectivity index (χ0) is 18.8. The van der Waals surface area contributed by atoms with E-state index in [1.807, 2.05) is 0 Å². The van der Waals surface area contributed by atoms with Crippen molar-refractivity contribution in [2.24, 2.45) is 0 Å². The maximum atomic E-state index is 14.0. The summed E-state index contributed by atoms with van der Waals surface area (Å²) >= 11 is 0. The van der Waals surface area contributed by atoms with Crippen LogP contribution in [0.15, 0.2) is 48.9 Å². The smallest absolute Gasteiger partial charge is 0.163 e. The van der Waals surface area contributed by atoms with Gasteiger partial charge in [0.15, 0.2) is 17.5 Å². The first-order valence-corrected chi connectivity index (χ1v) is 8.30. The second-order valence-corrected chi connectivity index (χ2v) is 5.96. The molecule has 0 aliphatic rings. The van der Waals surface area contributed by atoms with E-state index in [2.05, 4.69) is 20.5 Å². The van der Waals surface area contributed by atoms with E-state index in [1.165, 1.54) is 12.1 Å². The molecule has 4 aromatic rings. The third-order valence-corrected chi connectivity index (χ3v) is 4.10. The Hall–Kier alpha value is -3.33. The molecule has 0 radical (unpaired) electrons. The zero-order valence-corrected chi connectivity index (χ0v) is 14.2. The Balaban J connectivity index is 1.61. The summed E-state index contributed by atoms with van der Waals surface area (Å²) in [5, 5.41) is 21.3. The fourth-order valence-corrected chi connectivity index (χ4v) is 2.79. The van der Waals surface area contributed by atoms with Gasteiger partial charge in [-0.25, -0.2) is 13.8 Å². The molecule has 2 N–H and O–H groups in total. The number of hydrogen-bond acceptors (Lipinski definition) is 5. The molecule has 4 rings (SSSR count). The van der Waals surface area contributed by atoms with Gasteiger partial charge in [0.25, 0.3) is 0 Å². The van der Waals surface area contributed by atoms with Crippen molar-refractivity contribution in [2.45, 2.75) is 13.1 Å². The van der Waals surface area contributed by atoms with Crippen LogP contribution in [0.3, 0.4) is 0 Å². The normalized spacial score (nSPS) is 11.2. The molecular formula is C18H16F2N6O. The number of halogens is 2. The summed E-state index contributed by atoms with van der Waals surface area (Å²) in [5.41, 5.74) is 0.944. The van der Waals surface area contributed by atoms with E-state index in [0.29, 0.717) is 18.2 Å². The lowest BCUT2D eigenvalue weighted by Crippen LogP contribution is -2.05. The van der Waals surface area contributed by atoms with Crippen molar-refractivity contribution < 1.29 is 13.9 Å². The fraction of sp³-hybridized carbons (Fsp3) is 0.167. The second kappa shape index (κ2) is 7.12. The van der Waals surface area contributed by atoms with Crippen molar-refractivity contribution in [3.8, 4) is 0 Å². The molecule has 7 nitrogen and oxygen atoms in total. The van der Waals surface area contributed by atoms with Gasteiger partial charge in [-0.2, -0.15) is 10.2 Å². The van der Waals surface area contributed by atoms with Crippen LogP contribution in [-0.4, -0.2) is 36.3 Å². The Labute approximate surface area is 152 Å². The average molecular weight is 370 g/mol. The third-order valence-electron chi connectivity index (χ3n) is 4.10. The highest BCUT2D eigenvalue weighted by Gasteiger charge is 2.11. The summed E-state index contributed by atoms with van der Waals surface area (Å²) in [6.07, 6.45) is 5.02. The van der Waals surface area contributed by atoms with Gasteiger partial charge in [-0.1, -0.05) is 12.1 Å². The number of benzene rings is 1. The van der Waals surface area contributed by atoms with Crippen molar-refractivity contribution in [1.29, 1.82) is 0 Å². The van der Waals surface area contributed by atoms with E-state index in [-0.39, 0.29) is 18.7 Å². The van der Waals surface area contributed by atoms with Gasteiger partial charge in [-0.05, 0) is 6.07 Å². The van der Waals surface area contributed by atoms with Crippen LogP contribution >= 0.6 is 0 Å². The minimum Gasteiger partial charge on any atom is -0.394 e. The van der Waals surface area contributed by atoms with Crippen molar-refractivity contribution in [1.82, 2.24) is 24.5 Å². The summed E-state index contributed by atoms with van der Waals surface area (Å²) < 4.78 is 30.6.